The van der Waals surface area contributed by atoms with Gasteiger partial charge in [0.05, 0.1) is 35.7 Å². The van der Waals surface area contributed by atoms with E-state index in [4.69, 9.17) is 10.5 Å². The van der Waals surface area contributed by atoms with E-state index in [9.17, 15) is 9.59 Å². The second-order valence-electron chi connectivity index (χ2n) is 9.96. The zero-order valence-corrected chi connectivity index (χ0v) is 23.1. The van der Waals surface area contributed by atoms with E-state index in [1.54, 1.807) is 24.4 Å². The minimum absolute atomic E-state index is 0.0841. The monoisotopic (exact) mass is 589 g/mol. The Balaban J connectivity index is 1.24. The zero-order valence-electron chi connectivity index (χ0n) is 21.6. The van der Waals surface area contributed by atoms with E-state index in [1.807, 2.05) is 48.5 Å². The second-order valence-corrected chi connectivity index (χ2v) is 10.9. The second kappa shape index (κ2) is 12.5. The fourth-order valence-corrected chi connectivity index (χ4v) is 5.37. The number of carbonyl (C=O) groups is 2. The number of halogens is 1. The van der Waals surface area contributed by atoms with Crippen LogP contribution in [-0.2, 0) is 14.3 Å². The lowest BCUT2D eigenvalue weighted by Crippen LogP contribution is -2.37. The van der Waals surface area contributed by atoms with E-state index in [-0.39, 0.29) is 11.8 Å². The Bertz CT molecular complexity index is 1330. The highest BCUT2D eigenvalue weighted by Crippen LogP contribution is 2.29. The number of anilines is 3. The summed E-state index contributed by atoms with van der Waals surface area (Å²) < 4.78 is 6.67. The molecular formula is C30H32BrN5O3. The van der Waals surface area contributed by atoms with Crippen LogP contribution in [-0.4, -0.2) is 53.5 Å². The van der Waals surface area contributed by atoms with Crippen LogP contribution in [0.2, 0.25) is 0 Å². The maximum Gasteiger partial charge on any atom is 0.248 e. The number of benzene rings is 2. The number of carbonyl (C=O) groups excluding carboxylic acids is 2. The fraction of sp³-hybridized carbons (Fsp3) is 0.300. The summed E-state index contributed by atoms with van der Waals surface area (Å²) in [5.41, 5.74) is 9.17. The molecule has 2 saturated heterocycles. The normalized spacial score (nSPS) is 19.3. The molecule has 0 saturated carbocycles. The number of aromatic nitrogens is 1. The van der Waals surface area contributed by atoms with E-state index in [0.29, 0.717) is 35.6 Å². The summed E-state index contributed by atoms with van der Waals surface area (Å²) in [6.07, 6.45) is 7.85. The van der Waals surface area contributed by atoms with Crippen molar-refractivity contribution in [1.82, 2.24) is 9.88 Å². The highest BCUT2D eigenvalue weighted by atomic mass is 79.9. The molecule has 3 atom stereocenters. The Morgan fingerprint density at radius 3 is 2.64 bits per heavy atom. The standard InChI is InChI=1S/C30H32BrN5O3/c31-21-9-11-22(12-10-21)34-30(38)25(4-3-15-36-18-24-16-23(36)19-39-24)27-13-7-20(17-33-27)8-14-29(37)35-28-6-2-1-5-26(28)32/h1-2,5-14,17,23-25H,3-4,15-16,18-19,32H2,(H,34,38)(H,35,37)/t23-,24-,25?/m0/s1. The number of hydrogen-bond acceptors (Lipinski definition) is 6. The van der Waals surface area contributed by atoms with Crippen molar-refractivity contribution in [3.63, 3.8) is 0 Å². The number of para-hydroxylation sites is 2. The van der Waals surface area contributed by atoms with E-state index in [1.165, 1.54) is 6.08 Å². The van der Waals surface area contributed by atoms with Crippen LogP contribution >= 0.6 is 15.9 Å². The molecule has 2 fully saturated rings. The van der Waals surface area contributed by atoms with Gasteiger partial charge in [0.25, 0.3) is 0 Å². The molecule has 1 aromatic heterocycles. The molecule has 2 aromatic carbocycles. The third-order valence-corrected chi connectivity index (χ3v) is 7.72. The van der Waals surface area contributed by atoms with Crippen LogP contribution in [0.5, 0.6) is 0 Å². The molecule has 202 valence electrons. The number of nitrogen functional groups attached to an aromatic ring is 1. The molecule has 1 unspecified atom stereocenters. The van der Waals surface area contributed by atoms with Gasteiger partial charge in [-0.15, -0.1) is 0 Å². The van der Waals surface area contributed by atoms with E-state index < -0.39 is 5.92 Å². The Morgan fingerprint density at radius 2 is 1.95 bits per heavy atom. The molecule has 2 aliphatic rings. The van der Waals surface area contributed by atoms with Gasteiger partial charge >= 0.3 is 0 Å². The van der Waals surface area contributed by atoms with Gasteiger partial charge in [-0.2, -0.15) is 0 Å². The van der Waals surface area contributed by atoms with Crippen molar-refractivity contribution in [2.75, 3.05) is 36.1 Å². The van der Waals surface area contributed by atoms with Crippen LogP contribution in [0.4, 0.5) is 17.1 Å². The topological polar surface area (TPSA) is 110 Å². The zero-order chi connectivity index (χ0) is 27.2. The molecular weight excluding hydrogens is 558 g/mol. The molecule has 8 nitrogen and oxygen atoms in total. The van der Waals surface area contributed by atoms with Crippen LogP contribution in [0.3, 0.4) is 0 Å². The number of rotatable bonds is 10. The van der Waals surface area contributed by atoms with Gasteiger partial charge in [-0.05, 0) is 79.9 Å². The Labute approximate surface area is 236 Å². The van der Waals surface area contributed by atoms with Crippen molar-refractivity contribution >= 4 is 50.9 Å². The average Bonchev–Trinajstić information content (AvgIpc) is 3.57. The number of nitrogens with zero attached hydrogens (tertiary/aromatic N) is 2. The minimum Gasteiger partial charge on any atom is -0.397 e. The molecule has 3 heterocycles. The first-order valence-electron chi connectivity index (χ1n) is 13.2. The lowest BCUT2D eigenvalue weighted by atomic mass is 9.96. The van der Waals surface area contributed by atoms with E-state index >= 15 is 0 Å². The molecule has 39 heavy (non-hydrogen) atoms. The molecule has 4 N–H and O–H groups in total. The van der Waals surface area contributed by atoms with Crippen LogP contribution in [0, 0.1) is 0 Å². The van der Waals surface area contributed by atoms with Crippen LogP contribution in [0.1, 0.15) is 36.4 Å². The quantitative estimate of drug-likeness (QED) is 0.225. The van der Waals surface area contributed by atoms with Crippen LogP contribution < -0.4 is 16.4 Å². The fourth-order valence-electron chi connectivity index (χ4n) is 5.11. The van der Waals surface area contributed by atoms with Gasteiger partial charge in [-0.25, -0.2) is 0 Å². The maximum atomic E-state index is 13.4. The number of morpholine rings is 1. The lowest BCUT2D eigenvalue weighted by Gasteiger charge is -2.27. The summed E-state index contributed by atoms with van der Waals surface area (Å²) in [5.74, 6) is -0.768. The average molecular weight is 591 g/mol. The van der Waals surface area contributed by atoms with Gasteiger partial charge in [0, 0.05) is 35.0 Å². The predicted octanol–water partition coefficient (Wildman–Crippen LogP) is 5.05. The summed E-state index contributed by atoms with van der Waals surface area (Å²) in [6.45, 7) is 2.73. The largest absolute Gasteiger partial charge is 0.397 e. The highest BCUT2D eigenvalue weighted by molar-refractivity contribution is 9.10. The Kier molecular flexibility index (Phi) is 8.71. The molecule has 2 amide bonds. The van der Waals surface area contributed by atoms with Crippen molar-refractivity contribution in [3.05, 3.63) is 88.7 Å². The van der Waals surface area contributed by atoms with Crippen molar-refractivity contribution in [3.8, 4) is 0 Å². The smallest absolute Gasteiger partial charge is 0.248 e. The highest BCUT2D eigenvalue weighted by Gasteiger charge is 2.38. The first-order valence-corrected chi connectivity index (χ1v) is 14.0. The number of nitrogens with one attached hydrogen (secondary N) is 2. The number of fused-ring (bicyclic) bond motifs is 2. The third-order valence-electron chi connectivity index (χ3n) is 7.19. The van der Waals surface area contributed by atoms with Gasteiger partial charge in [-0.1, -0.05) is 34.1 Å². The van der Waals surface area contributed by atoms with E-state index in [0.717, 1.165) is 48.3 Å². The summed E-state index contributed by atoms with van der Waals surface area (Å²) in [4.78, 5) is 32.8. The molecule has 5 rings (SSSR count). The van der Waals surface area contributed by atoms with Crippen LogP contribution in [0.15, 0.2) is 77.4 Å². The van der Waals surface area contributed by atoms with Gasteiger partial charge in [0.15, 0.2) is 0 Å². The summed E-state index contributed by atoms with van der Waals surface area (Å²) in [6, 6.07) is 18.9. The first-order chi connectivity index (χ1) is 18.9. The summed E-state index contributed by atoms with van der Waals surface area (Å²) >= 11 is 3.43. The number of pyridine rings is 1. The Morgan fingerprint density at radius 1 is 1.13 bits per heavy atom. The molecule has 3 aromatic rings. The van der Waals surface area contributed by atoms with Gasteiger partial charge in [0.1, 0.15) is 0 Å². The van der Waals surface area contributed by atoms with Gasteiger partial charge < -0.3 is 21.1 Å². The van der Waals surface area contributed by atoms with Crippen molar-refractivity contribution in [1.29, 1.82) is 0 Å². The number of likely N-dealkylation sites (tertiary alicyclic amines) is 1. The number of nitrogens with two attached hydrogens (primary N) is 1. The Hall–Kier alpha value is -3.53. The molecule has 0 spiro atoms. The predicted molar refractivity (Wildman–Crippen MR) is 157 cm³/mol. The lowest BCUT2D eigenvalue weighted by molar-refractivity contribution is -0.118. The number of amides is 2. The van der Waals surface area contributed by atoms with E-state index in [2.05, 4.69) is 36.4 Å². The van der Waals surface area contributed by atoms with Crippen LogP contribution in [0.25, 0.3) is 6.08 Å². The number of hydrogen-bond donors (Lipinski definition) is 3. The summed E-state index contributed by atoms with van der Waals surface area (Å²) in [5, 5.41) is 5.81. The first kappa shape index (κ1) is 27.1. The SMILES string of the molecule is Nc1ccccc1NC(=O)C=Cc1ccc(C(CCCN2C[C@@H]3C[C@H]2CO3)C(=O)Nc2ccc(Br)cc2)nc1. The molecule has 9 heteroatoms. The van der Waals surface area contributed by atoms with Crippen molar-refractivity contribution in [2.24, 2.45) is 0 Å². The van der Waals surface area contributed by atoms with Crippen molar-refractivity contribution in [2.45, 2.75) is 37.3 Å². The van der Waals surface area contributed by atoms with Gasteiger partial charge in [0.2, 0.25) is 11.8 Å². The number of ether oxygens (including phenoxy) is 1. The molecule has 2 aliphatic heterocycles. The maximum absolute atomic E-state index is 13.4. The van der Waals surface area contributed by atoms with Crippen molar-refractivity contribution < 1.29 is 14.3 Å². The van der Waals surface area contributed by atoms with Gasteiger partial charge in [-0.3, -0.25) is 19.5 Å². The minimum atomic E-state index is -0.396. The third kappa shape index (κ3) is 7.11. The molecule has 0 aliphatic carbocycles. The summed E-state index contributed by atoms with van der Waals surface area (Å²) in [7, 11) is 0. The molecule has 0 radical (unpaired) electrons. The molecule has 2 bridgehead atoms.